The Bertz CT molecular complexity index is 853. The van der Waals surface area contributed by atoms with E-state index in [1.165, 1.54) is 37.8 Å². The lowest BCUT2D eigenvalue weighted by atomic mass is 9.81. The molecule has 0 bridgehead atoms. The molecule has 1 atom stereocenters. The van der Waals surface area contributed by atoms with E-state index in [4.69, 9.17) is 28.3 Å². The van der Waals surface area contributed by atoms with Crippen LogP contribution in [0.25, 0.3) is 0 Å². The second kappa shape index (κ2) is 14.6. The Morgan fingerprint density at radius 2 is 1.79 bits per heavy atom. The van der Waals surface area contributed by atoms with Gasteiger partial charge in [0, 0.05) is 23.2 Å². The van der Waals surface area contributed by atoms with Gasteiger partial charge < -0.3 is 15.7 Å². The molecule has 0 spiro atoms. The first kappa shape index (κ1) is 27.7. The number of carbonyl (C=O) groups excluding carboxylic acids is 1. The Hall–Kier alpha value is -1.59. The molecule has 1 unspecified atom stereocenters. The molecular weight excluding hydrogens is 455 g/mol. The highest BCUT2D eigenvalue weighted by atomic mass is 35.5. The third kappa shape index (κ3) is 8.94. The highest BCUT2D eigenvalue weighted by Gasteiger charge is 2.19. The Morgan fingerprint density at radius 1 is 1.09 bits per heavy atom. The first-order chi connectivity index (χ1) is 15.9. The number of nitrogens with one attached hydrogen (secondary N) is 2. The molecule has 182 valence electrons. The molecule has 2 aromatic rings. The third-order valence-electron chi connectivity index (χ3n) is 6.45. The average Bonchev–Trinajstić information content (AvgIpc) is 2.82. The lowest BCUT2D eigenvalue weighted by Crippen LogP contribution is -2.24. The molecule has 1 fully saturated rings. The Morgan fingerprint density at radius 3 is 2.36 bits per heavy atom. The van der Waals surface area contributed by atoms with Crippen molar-refractivity contribution in [3.63, 3.8) is 0 Å². The summed E-state index contributed by atoms with van der Waals surface area (Å²) in [5.74, 6) is 1.70. The molecule has 3 rings (SSSR count). The summed E-state index contributed by atoms with van der Waals surface area (Å²) >= 11 is 12.3. The van der Waals surface area contributed by atoms with Crippen molar-refractivity contribution in [3.05, 3.63) is 63.1 Å². The fourth-order valence-electron chi connectivity index (χ4n) is 4.52. The van der Waals surface area contributed by atoms with Gasteiger partial charge in [0.25, 0.3) is 0 Å². The number of aryl methyl sites for hydroxylation is 1. The van der Waals surface area contributed by atoms with Crippen LogP contribution < -0.4 is 10.6 Å². The molecule has 1 aliphatic carbocycles. The number of anilines is 1. The number of hydrogen-bond donors (Lipinski definition) is 3. The number of aliphatic hydroxyl groups excluding tert-OH is 1. The summed E-state index contributed by atoms with van der Waals surface area (Å²) < 4.78 is 0. The Labute approximate surface area is 209 Å². The molecule has 33 heavy (non-hydrogen) atoms. The number of aldehydes is 1. The van der Waals surface area contributed by atoms with Crippen LogP contribution in [0.1, 0.15) is 73.5 Å². The van der Waals surface area contributed by atoms with Gasteiger partial charge in [-0.25, -0.2) is 0 Å². The van der Waals surface area contributed by atoms with E-state index in [-0.39, 0.29) is 6.04 Å². The molecule has 0 aromatic heterocycles. The van der Waals surface area contributed by atoms with Crippen LogP contribution in [0.4, 0.5) is 5.69 Å². The van der Waals surface area contributed by atoms with E-state index in [0.29, 0.717) is 17.2 Å². The predicted octanol–water partition coefficient (Wildman–Crippen LogP) is 6.94. The van der Waals surface area contributed by atoms with Crippen molar-refractivity contribution < 1.29 is 9.90 Å². The zero-order chi connectivity index (χ0) is 24.2. The summed E-state index contributed by atoms with van der Waals surface area (Å²) in [6.45, 7) is 5.73. The van der Waals surface area contributed by atoms with Crippen molar-refractivity contribution in [1.29, 1.82) is 0 Å². The van der Waals surface area contributed by atoms with Gasteiger partial charge in [-0.1, -0.05) is 49.0 Å². The molecule has 1 saturated carbocycles. The van der Waals surface area contributed by atoms with Gasteiger partial charge in [0.15, 0.2) is 0 Å². The Balaban J connectivity index is 0.000000273. The van der Waals surface area contributed by atoms with Crippen LogP contribution >= 0.6 is 23.2 Å². The SMILES string of the molecule is CCc1ccc(Cl)cc1C(C)Nc1ccc(C=O)cc1Cl.CNCC1CCC(CCO)CC1. The molecular formula is C27H38Cl2N2O2. The lowest BCUT2D eigenvalue weighted by Gasteiger charge is -2.27. The molecule has 0 aliphatic heterocycles. The first-order valence-corrected chi connectivity index (χ1v) is 12.7. The minimum Gasteiger partial charge on any atom is -0.396 e. The van der Waals surface area contributed by atoms with E-state index in [2.05, 4.69) is 24.5 Å². The summed E-state index contributed by atoms with van der Waals surface area (Å²) in [4.78, 5) is 10.7. The van der Waals surface area contributed by atoms with Gasteiger partial charge in [-0.3, -0.25) is 4.79 Å². The van der Waals surface area contributed by atoms with Gasteiger partial charge in [0.1, 0.15) is 6.29 Å². The van der Waals surface area contributed by atoms with Gasteiger partial charge >= 0.3 is 0 Å². The van der Waals surface area contributed by atoms with E-state index in [0.717, 1.165) is 47.2 Å². The second-order valence-electron chi connectivity index (χ2n) is 8.88. The van der Waals surface area contributed by atoms with Gasteiger partial charge in [0.2, 0.25) is 0 Å². The molecule has 1 aliphatic rings. The maximum Gasteiger partial charge on any atom is 0.150 e. The molecule has 6 heteroatoms. The van der Waals surface area contributed by atoms with Crippen molar-refractivity contribution in [1.82, 2.24) is 5.32 Å². The number of aliphatic hydroxyl groups is 1. The fraction of sp³-hybridized carbons (Fsp3) is 0.519. The van der Waals surface area contributed by atoms with Gasteiger partial charge in [-0.2, -0.15) is 0 Å². The minimum absolute atomic E-state index is 0.0678. The number of hydrogen-bond acceptors (Lipinski definition) is 4. The smallest absolute Gasteiger partial charge is 0.150 e. The summed E-state index contributed by atoms with van der Waals surface area (Å²) in [5, 5.41) is 16.6. The summed E-state index contributed by atoms with van der Waals surface area (Å²) in [6, 6.07) is 11.2. The quantitative estimate of drug-likeness (QED) is 0.331. The zero-order valence-electron chi connectivity index (χ0n) is 20.0. The van der Waals surface area contributed by atoms with Gasteiger partial charge in [0.05, 0.1) is 10.7 Å². The average molecular weight is 494 g/mol. The fourth-order valence-corrected chi connectivity index (χ4v) is 4.94. The summed E-state index contributed by atoms with van der Waals surface area (Å²) in [7, 11) is 2.03. The van der Waals surface area contributed by atoms with Crippen LogP contribution in [0.5, 0.6) is 0 Å². The highest BCUT2D eigenvalue weighted by Crippen LogP contribution is 2.31. The van der Waals surface area contributed by atoms with Crippen LogP contribution in [0.2, 0.25) is 10.0 Å². The van der Waals surface area contributed by atoms with Crippen LogP contribution in [0.3, 0.4) is 0 Å². The van der Waals surface area contributed by atoms with E-state index in [1.54, 1.807) is 12.1 Å². The van der Waals surface area contributed by atoms with Crippen molar-refractivity contribution in [2.24, 2.45) is 11.8 Å². The predicted molar refractivity (Wildman–Crippen MR) is 141 cm³/mol. The van der Waals surface area contributed by atoms with Crippen molar-refractivity contribution in [2.45, 2.75) is 58.4 Å². The summed E-state index contributed by atoms with van der Waals surface area (Å²) in [6.07, 6.45) is 8.10. The van der Waals surface area contributed by atoms with E-state index in [9.17, 15) is 4.79 Å². The third-order valence-corrected chi connectivity index (χ3v) is 7.00. The van der Waals surface area contributed by atoms with Crippen molar-refractivity contribution in [3.8, 4) is 0 Å². The van der Waals surface area contributed by atoms with Gasteiger partial charge in [-0.05, 0) is 99.5 Å². The van der Waals surface area contributed by atoms with Crippen LogP contribution in [0, 0.1) is 11.8 Å². The number of carbonyl (C=O) groups is 1. The number of benzene rings is 2. The van der Waals surface area contributed by atoms with Crippen LogP contribution in [0.15, 0.2) is 36.4 Å². The highest BCUT2D eigenvalue weighted by molar-refractivity contribution is 6.33. The van der Waals surface area contributed by atoms with Crippen molar-refractivity contribution >= 4 is 35.2 Å². The molecule has 0 saturated heterocycles. The minimum atomic E-state index is 0.0678. The normalized spacial score (nSPS) is 18.7. The molecule has 2 aromatic carbocycles. The van der Waals surface area contributed by atoms with Crippen LogP contribution in [-0.2, 0) is 6.42 Å². The Kier molecular flexibility index (Phi) is 12.3. The monoisotopic (exact) mass is 492 g/mol. The van der Waals surface area contributed by atoms with E-state index in [1.807, 2.05) is 31.3 Å². The number of halogens is 2. The molecule has 0 heterocycles. The molecule has 0 radical (unpaired) electrons. The van der Waals surface area contributed by atoms with Crippen LogP contribution in [-0.4, -0.2) is 31.6 Å². The van der Waals surface area contributed by atoms with Crippen molar-refractivity contribution in [2.75, 3.05) is 25.5 Å². The van der Waals surface area contributed by atoms with E-state index < -0.39 is 0 Å². The number of rotatable bonds is 9. The zero-order valence-corrected chi connectivity index (χ0v) is 21.6. The molecule has 4 nitrogen and oxygen atoms in total. The standard InChI is InChI=1S/C17H17Cl2NO.C10H21NO/c1-3-13-5-6-14(18)9-15(13)11(2)20-17-7-4-12(10-21)8-16(17)19;1-11-8-10-4-2-9(3-5-10)6-7-12/h4-11,20H,3H2,1-2H3;9-12H,2-8H2,1H3. The topological polar surface area (TPSA) is 61.4 Å². The lowest BCUT2D eigenvalue weighted by molar-refractivity contribution is 0.112. The molecule has 3 N–H and O–H groups in total. The van der Waals surface area contributed by atoms with E-state index >= 15 is 0 Å². The maximum atomic E-state index is 10.7. The second-order valence-corrected chi connectivity index (χ2v) is 9.72. The van der Waals surface area contributed by atoms with Gasteiger partial charge in [-0.15, -0.1) is 0 Å². The first-order valence-electron chi connectivity index (χ1n) is 12.0. The maximum absolute atomic E-state index is 10.7. The largest absolute Gasteiger partial charge is 0.396 e. The molecule has 0 amide bonds. The summed E-state index contributed by atoms with van der Waals surface area (Å²) in [5.41, 5.74) is 3.77.